The van der Waals surface area contributed by atoms with Crippen molar-refractivity contribution in [2.24, 2.45) is 22.6 Å². The zero-order chi connectivity index (χ0) is 19.1. The van der Waals surface area contributed by atoms with Crippen molar-refractivity contribution in [2.75, 3.05) is 39.2 Å². The normalized spacial score (nSPS) is 18.0. The summed E-state index contributed by atoms with van der Waals surface area (Å²) in [7, 11) is 3.24. The highest BCUT2D eigenvalue weighted by Gasteiger charge is 2.25. The Morgan fingerprint density at radius 2 is 1.88 bits per heavy atom. The predicted molar refractivity (Wildman–Crippen MR) is 108 cm³/mol. The Labute approximate surface area is 157 Å². The molecule has 146 valence electrons. The number of rotatable bonds is 7. The van der Waals surface area contributed by atoms with E-state index in [-0.39, 0.29) is 0 Å². The number of hydrogen-bond acceptors (Lipinski definition) is 4. The molecular weight excluding hydrogens is 328 g/mol. The largest absolute Gasteiger partial charge is 0.493 e. The second kappa shape index (κ2) is 9.67. The minimum Gasteiger partial charge on any atom is -0.493 e. The summed E-state index contributed by atoms with van der Waals surface area (Å²) in [4.78, 5) is 7.17. The van der Waals surface area contributed by atoms with Gasteiger partial charge in [-0.1, -0.05) is 20.8 Å². The van der Waals surface area contributed by atoms with Gasteiger partial charge in [-0.2, -0.15) is 0 Å². The van der Waals surface area contributed by atoms with Crippen molar-refractivity contribution >= 4 is 11.6 Å². The van der Waals surface area contributed by atoms with Gasteiger partial charge in [0.05, 0.1) is 20.8 Å². The van der Waals surface area contributed by atoms with Crippen LogP contribution in [0.25, 0.3) is 0 Å². The maximum Gasteiger partial charge on any atom is 0.193 e. The van der Waals surface area contributed by atoms with Crippen LogP contribution in [0.3, 0.4) is 0 Å². The second-order valence-corrected chi connectivity index (χ2v) is 7.45. The van der Waals surface area contributed by atoms with E-state index in [2.05, 4.69) is 36.0 Å². The first-order chi connectivity index (χ1) is 12.4. The van der Waals surface area contributed by atoms with Crippen molar-refractivity contribution in [2.45, 2.75) is 39.7 Å². The zero-order valence-corrected chi connectivity index (χ0v) is 16.8. The summed E-state index contributed by atoms with van der Waals surface area (Å²) in [5.74, 6) is 3.15. The highest BCUT2D eigenvalue weighted by molar-refractivity contribution is 5.92. The molecule has 1 atom stereocenters. The molecule has 1 heterocycles. The lowest BCUT2D eigenvalue weighted by Gasteiger charge is -2.38. The highest BCUT2D eigenvalue weighted by Crippen LogP contribution is 2.29. The van der Waals surface area contributed by atoms with Gasteiger partial charge in [0.25, 0.3) is 0 Å². The van der Waals surface area contributed by atoms with Gasteiger partial charge >= 0.3 is 0 Å². The number of anilines is 1. The fraction of sp³-hybridized carbons (Fsp3) is 0.650. The molecule has 0 saturated carbocycles. The fourth-order valence-electron chi connectivity index (χ4n) is 3.40. The topological polar surface area (TPSA) is 72.1 Å². The van der Waals surface area contributed by atoms with Crippen molar-refractivity contribution in [1.29, 1.82) is 0 Å². The van der Waals surface area contributed by atoms with E-state index in [1.165, 1.54) is 12.8 Å². The van der Waals surface area contributed by atoms with Crippen molar-refractivity contribution in [3.63, 3.8) is 0 Å². The van der Waals surface area contributed by atoms with Crippen molar-refractivity contribution < 1.29 is 9.47 Å². The molecule has 3 N–H and O–H groups in total. The van der Waals surface area contributed by atoms with Crippen LogP contribution in [0.2, 0.25) is 0 Å². The van der Waals surface area contributed by atoms with E-state index in [0.29, 0.717) is 36.0 Å². The van der Waals surface area contributed by atoms with Crippen LogP contribution in [-0.4, -0.2) is 50.8 Å². The molecule has 1 saturated heterocycles. The maximum atomic E-state index is 6.12. The van der Waals surface area contributed by atoms with Crippen LogP contribution < -0.4 is 20.5 Å². The van der Waals surface area contributed by atoms with E-state index < -0.39 is 0 Å². The number of nitrogens with two attached hydrogens (primary N) is 1. The van der Waals surface area contributed by atoms with Crippen LogP contribution >= 0.6 is 0 Å². The number of ether oxygens (including phenoxy) is 2. The number of nitrogens with one attached hydrogen (secondary N) is 1. The zero-order valence-electron chi connectivity index (χ0n) is 16.8. The van der Waals surface area contributed by atoms with Gasteiger partial charge in [-0.15, -0.1) is 0 Å². The van der Waals surface area contributed by atoms with Gasteiger partial charge in [0, 0.05) is 17.8 Å². The van der Waals surface area contributed by atoms with Crippen LogP contribution in [0, 0.1) is 11.8 Å². The van der Waals surface area contributed by atoms with E-state index in [0.717, 1.165) is 24.7 Å². The summed E-state index contributed by atoms with van der Waals surface area (Å²) in [6.45, 7) is 9.88. The molecule has 0 aliphatic carbocycles. The average Bonchev–Trinajstić information content (AvgIpc) is 2.63. The number of aliphatic imine (C=N–C) groups is 1. The number of nitrogens with zero attached hydrogens (tertiary/aromatic N) is 2. The Balaban J connectivity index is 1.99. The Hall–Kier alpha value is -1.95. The number of hydrogen-bond donors (Lipinski definition) is 2. The van der Waals surface area contributed by atoms with E-state index in [1.54, 1.807) is 14.2 Å². The summed E-state index contributed by atoms with van der Waals surface area (Å²) in [5.41, 5.74) is 6.95. The molecule has 0 spiro atoms. The molecule has 1 aromatic rings. The molecule has 1 aromatic carbocycles. The van der Waals surface area contributed by atoms with Gasteiger partial charge in [0.2, 0.25) is 0 Å². The van der Waals surface area contributed by atoms with Crippen molar-refractivity contribution in [3.8, 4) is 11.5 Å². The molecule has 1 unspecified atom stereocenters. The monoisotopic (exact) mass is 362 g/mol. The smallest absolute Gasteiger partial charge is 0.193 e. The van der Waals surface area contributed by atoms with E-state index in [1.807, 2.05) is 18.2 Å². The Kier molecular flexibility index (Phi) is 7.57. The molecule has 26 heavy (non-hydrogen) atoms. The summed E-state index contributed by atoms with van der Waals surface area (Å²) >= 11 is 0. The predicted octanol–water partition coefficient (Wildman–Crippen LogP) is 3.19. The van der Waals surface area contributed by atoms with Crippen molar-refractivity contribution in [1.82, 2.24) is 4.90 Å². The molecule has 0 bridgehead atoms. The summed E-state index contributed by atoms with van der Waals surface area (Å²) in [6, 6.07) is 6.02. The quantitative estimate of drug-likeness (QED) is 0.576. The van der Waals surface area contributed by atoms with Crippen LogP contribution in [0.1, 0.15) is 33.6 Å². The van der Waals surface area contributed by atoms with Crippen LogP contribution in [0.15, 0.2) is 23.2 Å². The van der Waals surface area contributed by atoms with Crippen LogP contribution in [0.5, 0.6) is 11.5 Å². The van der Waals surface area contributed by atoms with Crippen LogP contribution in [0.4, 0.5) is 5.69 Å². The lowest BCUT2D eigenvalue weighted by molar-refractivity contribution is 0.113. The number of likely N-dealkylation sites (tertiary alicyclic amines) is 1. The second-order valence-electron chi connectivity index (χ2n) is 7.45. The first-order valence-corrected chi connectivity index (χ1v) is 9.47. The first-order valence-electron chi connectivity index (χ1n) is 9.47. The Morgan fingerprint density at radius 1 is 1.23 bits per heavy atom. The molecule has 1 fully saturated rings. The van der Waals surface area contributed by atoms with Gasteiger partial charge in [0.15, 0.2) is 17.5 Å². The van der Waals surface area contributed by atoms with Gasteiger partial charge in [-0.25, -0.2) is 0 Å². The standard InChI is InChI=1S/C20H34N4O2/c1-14(2)17(24-10-8-15(3)9-11-24)13-22-20(21)23-16-6-7-18(25-4)19(12-16)26-5/h6-7,12,14-15,17H,8-11,13H2,1-5H3,(H3,21,22,23). The van der Waals surface area contributed by atoms with Crippen molar-refractivity contribution in [3.05, 3.63) is 18.2 Å². The average molecular weight is 363 g/mol. The molecule has 0 radical (unpaired) electrons. The molecule has 1 aliphatic rings. The van der Waals surface area contributed by atoms with Gasteiger partial charge < -0.3 is 20.5 Å². The van der Waals surface area contributed by atoms with E-state index >= 15 is 0 Å². The molecule has 2 rings (SSSR count). The minimum atomic E-state index is 0.424. The Morgan fingerprint density at radius 3 is 2.46 bits per heavy atom. The maximum absolute atomic E-state index is 6.12. The minimum absolute atomic E-state index is 0.424. The summed E-state index contributed by atoms with van der Waals surface area (Å²) in [6.07, 6.45) is 2.54. The third-order valence-corrected chi connectivity index (χ3v) is 5.16. The van der Waals surface area contributed by atoms with Gasteiger partial charge in [-0.3, -0.25) is 9.89 Å². The fourth-order valence-corrected chi connectivity index (χ4v) is 3.40. The van der Waals surface area contributed by atoms with Gasteiger partial charge in [-0.05, 0) is 49.9 Å². The van der Waals surface area contributed by atoms with E-state index in [9.17, 15) is 0 Å². The van der Waals surface area contributed by atoms with E-state index in [4.69, 9.17) is 15.2 Å². The lowest BCUT2D eigenvalue weighted by Crippen LogP contribution is -2.45. The Bertz CT molecular complexity index is 595. The first kappa shape index (κ1) is 20.4. The summed E-state index contributed by atoms with van der Waals surface area (Å²) < 4.78 is 10.6. The third-order valence-electron chi connectivity index (χ3n) is 5.16. The molecule has 0 amide bonds. The third kappa shape index (κ3) is 5.53. The number of benzene rings is 1. The SMILES string of the molecule is COc1ccc(NC(N)=NCC(C(C)C)N2CCC(C)CC2)cc1OC. The molecule has 6 heteroatoms. The number of guanidine groups is 1. The number of methoxy groups -OCH3 is 2. The number of piperidine rings is 1. The molecule has 0 aromatic heterocycles. The highest BCUT2D eigenvalue weighted by atomic mass is 16.5. The summed E-state index contributed by atoms with van der Waals surface area (Å²) in [5, 5.41) is 3.15. The van der Waals surface area contributed by atoms with Gasteiger partial charge in [0.1, 0.15) is 0 Å². The molecular formula is C20H34N4O2. The van der Waals surface area contributed by atoms with Crippen LogP contribution in [-0.2, 0) is 0 Å². The molecule has 1 aliphatic heterocycles. The lowest BCUT2D eigenvalue weighted by atomic mass is 9.94. The molecule has 6 nitrogen and oxygen atoms in total.